The molecule has 0 aliphatic carbocycles. The van der Waals surface area contributed by atoms with Crippen LogP contribution in [0, 0.1) is 0 Å². The molecule has 0 aromatic heterocycles. The first-order chi connectivity index (χ1) is 9.91. The molecule has 1 aliphatic rings. The predicted octanol–water partition coefficient (Wildman–Crippen LogP) is 2.09. The molecule has 0 spiro atoms. The fourth-order valence-corrected chi connectivity index (χ4v) is 3.55. The van der Waals surface area contributed by atoms with Gasteiger partial charge < -0.3 is 10.1 Å². The summed E-state index contributed by atoms with van der Waals surface area (Å²) in [5.74, 6) is -0.324. The second-order valence-electron chi connectivity index (χ2n) is 4.96. The molecule has 1 aromatic carbocycles. The van der Waals surface area contributed by atoms with E-state index < -0.39 is 9.05 Å². The van der Waals surface area contributed by atoms with E-state index in [2.05, 4.69) is 5.32 Å². The van der Waals surface area contributed by atoms with E-state index in [1.165, 1.54) is 6.07 Å². The zero-order valence-electron chi connectivity index (χ0n) is 11.8. The molecule has 1 aliphatic heterocycles. The van der Waals surface area contributed by atoms with Gasteiger partial charge in [0, 0.05) is 29.4 Å². The lowest BCUT2D eigenvalue weighted by Crippen LogP contribution is -2.31. The van der Waals surface area contributed by atoms with Crippen molar-refractivity contribution < 1.29 is 17.9 Å². The van der Waals surface area contributed by atoms with Crippen LogP contribution in [-0.4, -0.2) is 33.6 Å². The predicted molar refractivity (Wildman–Crippen MR) is 80.2 cm³/mol. The Morgan fingerprint density at radius 1 is 1.48 bits per heavy atom. The molecule has 7 heteroatoms. The summed E-state index contributed by atoms with van der Waals surface area (Å²) in [6.07, 6.45) is 2.50. The van der Waals surface area contributed by atoms with E-state index in [-0.39, 0.29) is 22.5 Å². The summed E-state index contributed by atoms with van der Waals surface area (Å²) in [4.78, 5) is 12.1. The topological polar surface area (TPSA) is 72.5 Å². The zero-order valence-corrected chi connectivity index (χ0v) is 13.3. The molecule has 1 unspecified atom stereocenters. The first-order valence-electron chi connectivity index (χ1n) is 6.89. The van der Waals surface area contributed by atoms with Crippen molar-refractivity contribution in [2.24, 2.45) is 0 Å². The minimum absolute atomic E-state index is 0.00330. The highest BCUT2D eigenvalue weighted by Gasteiger charge is 2.19. The van der Waals surface area contributed by atoms with Gasteiger partial charge in [0.1, 0.15) is 0 Å². The fourth-order valence-electron chi connectivity index (χ4n) is 2.33. The molecule has 0 saturated carbocycles. The molecule has 116 valence electrons. The number of carbonyl (C=O) groups is 1. The van der Waals surface area contributed by atoms with Crippen molar-refractivity contribution in [1.29, 1.82) is 0 Å². The van der Waals surface area contributed by atoms with E-state index >= 15 is 0 Å². The number of carbonyl (C=O) groups excluding carboxylic acids is 1. The number of hydrogen-bond acceptors (Lipinski definition) is 4. The van der Waals surface area contributed by atoms with Gasteiger partial charge in [0.05, 0.1) is 11.0 Å². The van der Waals surface area contributed by atoms with Gasteiger partial charge in [-0.2, -0.15) is 0 Å². The number of hydrogen-bond donors (Lipinski definition) is 1. The fraction of sp³-hybridized carbons (Fsp3) is 0.500. The van der Waals surface area contributed by atoms with E-state index in [1.54, 1.807) is 12.1 Å². The lowest BCUT2D eigenvalue weighted by molar-refractivity contribution is 0.0857. The summed E-state index contributed by atoms with van der Waals surface area (Å²) in [6.45, 7) is 2.98. The van der Waals surface area contributed by atoms with Crippen LogP contribution < -0.4 is 5.32 Å². The molecular formula is C14H18ClNO4S. The summed E-state index contributed by atoms with van der Waals surface area (Å²) < 4.78 is 28.6. The average Bonchev–Trinajstić information content (AvgIpc) is 2.96. The van der Waals surface area contributed by atoms with Crippen molar-refractivity contribution in [2.45, 2.75) is 37.2 Å². The molecule has 1 atom stereocenters. The molecular weight excluding hydrogens is 314 g/mol. The maximum absolute atomic E-state index is 12.1. The van der Waals surface area contributed by atoms with Crippen LogP contribution in [0.2, 0.25) is 0 Å². The van der Waals surface area contributed by atoms with Crippen LogP contribution in [0.15, 0.2) is 23.1 Å². The lowest BCUT2D eigenvalue weighted by atomic mass is 10.1. The van der Waals surface area contributed by atoms with Crippen molar-refractivity contribution >= 4 is 25.6 Å². The first-order valence-corrected chi connectivity index (χ1v) is 9.20. The molecule has 1 aromatic rings. The monoisotopic (exact) mass is 331 g/mol. The van der Waals surface area contributed by atoms with Crippen LogP contribution in [0.3, 0.4) is 0 Å². The molecule has 1 fully saturated rings. The number of benzene rings is 1. The minimum Gasteiger partial charge on any atom is -0.376 e. The van der Waals surface area contributed by atoms with Gasteiger partial charge in [-0.1, -0.05) is 13.0 Å². The average molecular weight is 332 g/mol. The van der Waals surface area contributed by atoms with Crippen molar-refractivity contribution in [3.63, 3.8) is 0 Å². The Morgan fingerprint density at radius 2 is 2.24 bits per heavy atom. The second kappa shape index (κ2) is 6.77. The SMILES string of the molecule is CCc1ccc(C(=O)NCC2CCCO2)cc1S(=O)(=O)Cl. The highest BCUT2D eigenvalue weighted by molar-refractivity contribution is 8.13. The Labute approximate surface area is 129 Å². The van der Waals surface area contributed by atoms with Crippen molar-refractivity contribution in [1.82, 2.24) is 5.32 Å². The van der Waals surface area contributed by atoms with Crippen molar-refractivity contribution in [3.8, 4) is 0 Å². The zero-order chi connectivity index (χ0) is 15.5. The molecule has 1 saturated heterocycles. The Bertz CT molecular complexity index is 624. The van der Waals surface area contributed by atoms with Crippen LogP contribution >= 0.6 is 10.7 Å². The number of amides is 1. The Morgan fingerprint density at radius 3 is 2.81 bits per heavy atom. The largest absolute Gasteiger partial charge is 0.376 e. The van der Waals surface area contributed by atoms with Crippen molar-refractivity contribution in [3.05, 3.63) is 29.3 Å². The number of aryl methyl sites for hydroxylation is 1. The van der Waals surface area contributed by atoms with Gasteiger partial charge in [-0.25, -0.2) is 8.42 Å². The molecule has 21 heavy (non-hydrogen) atoms. The van der Waals surface area contributed by atoms with Gasteiger partial charge in [-0.05, 0) is 37.0 Å². The van der Waals surface area contributed by atoms with Gasteiger partial charge >= 0.3 is 0 Å². The van der Waals surface area contributed by atoms with Crippen LogP contribution in [0.1, 0.15) is 35.7 Å². The number of halogens is 1. The van der Waals surface area contributed by atoms with E-state index in [9.17, 15) is 13.2 Å². The summed E-state index contributed by atoms with van der Waals surface area (Å²) in [5, 5.41) is 2.76. The summed E-state index contributed by atoms with van der Waals surface area (Å²) >= 11 is 0. The third-order valence-electron chi connectivity index (χ3n) is 3.49. The quantitative estimate of drug-likeness (QED) is 0.838. The maximum Gasteiger partial charge on any atom is 0.261 e. The standard InChI is InChI=1S/C14H18ClNO4S/c1-2-10-5-6-11(8-13(10)21(15,18)19)14(17)16-9-12-4-3-7-20-12/h5-6,8,12H,2-4,7,9H2,1H3,(H,16,17). The Kier molecular flexibility index (Phi) is 5.24. The van der Waals surface area contributed by atoms with Crippen LogP contribution in [0.25, 0.3) is 0 Å². The number of ether oxygens (including phenoxy) is 1. The molecule has 1 heterocycles. The Balaban J connectivity index is 2.13. The van der Waals surface area contributed by atoms with Crippen LogP contribution in [-0.2, 0) is 20.2 Å². The van der Waals surface area contributed by atoms with Crippen LogP contribution in [0.5, 0.6) is 0 Å². The van der Waals surface area contributed by atoms with E-state index in [1.807, 2.05) is 6.92 Å². The summed E-state index contributed by atoms with van der Waals surface area (Å²) in [5.41, 5.74) is 0.880. The lowest BCUT2D eigenvalue weighted by Gasteiger charge is -2.12. The molecule has 5 nitrogen and oxygen atoms in total. The minimum atomic E-state index is -3.86. The highest BCUT2D eigenvalue weighted by atomic mass is 35.7. The second-order valence-corrected chi connectivity index (χ2v) is 7.49. The van der Waals surface area contributed by atoms with Gasteiger partial charge in [-0.15, -0.1) is 0 Å². The van der Waals surface area contributed by atoms with Crippen LogP contribution in [0.4, 0.5) is 0 Å². The van der Waals surface area contributed by atoms with E-state index in [0.29, 0.717) is 18.5 Å². The highest BCUT2D eigenvalue weighted by Crippen LogP contribution is 2.22. The number of rotatable bonds is 5. The molecule has 1 N–H and O–H groups in total. The molecule has 1 amide bonds. The first kappa shape index (κ1) is 16.3. The molecule has 2 rings (SSSR count). The third-order valence-corrected chi connectivity index (χ3v) is 4.89. The van der Waals surface area contributed by atoms with Gasteiger partial charge in [0.15, 0.2) is 0 Å². The normalized spacial score (nSPS) is 18.7. The smallest absolute Gasteiger partial charge is 0.261 e. The summed E-state index contributed by atoms with van der Waals surface area (Å²) in [7, 11) is 1.56. The number of nitrogens with one attached hydrogen (secondary N) is 1. The van der Waals surface area contributed by atoms with E-state index in [0.717, 1.165) is 19.4 Å². The van der Waals surface area contributed by atoms with Gasteiger partial charge in [-0.3, -0.25) is 4.79 Å². The van der Waals surface area contributed by atoms with Gasteiger partial charge in [0.2, 0.25) is 0 Å². The molecule has 0 radical (unpaired) electrons. The Hall–Kier alpha value is -1.11. The van der Waals surface area contributed by atoms with E-state index in [4.69, 9.17) is 15.4 Å². The molecule has 0 bridgehead atoms. The van der Waals surface area contributed by atoms with Gasteiger partial charge in [0.25, 0.3) is 15.0 Å². The van der Waals surface area contributed by atoms with Crippen molar-refractivity contribution in [2.75, 3.05) is 13.2 Å². The summed E-state index contributed by atoms with van der Waals surface area (Å²) in [6, 6.07) is 4.55. The maximum atomic E-state index is 12.1. The third kappa shape index (κ3) is 4.18.